The van der Waals surface area contributed by atoms with Crippen molar-refractivity contribution in [2.75, 3.05) is 6.61 Å². The molecule has 0 atom stereocenters. The van der Waals surface area contributed by atoms with E-state index in [4.69, 9.17) is 26.4 Å². The quantitative estimate of drug-likeness (QED) is 0.452. The van der Waals surface area contributed by atoms with Crippen LogP contribution in [-0.2, 0) is 4.79 Å². The van der Waals surface area contributed by atoms with E-state index in [1.165, 1.54) is 17.3 Å². The number of fused-ring (bicyclic) bond motifs is 1. The lowest BCUT2D eigenvalue weighted by Crippen LogP contribution is -2.25. The van der Waals surface area contributed by atoms with Gasteiger partial charge in [-0.3, -0.25) is 4.79 Å². The van der Waals surface area contributed by atoms with E-state index in [-0.39, 0.29) is 11.5 Å². The Balaban J connectivity index is 1.82. The highest BCUT2D eigenvalue weighted by molar-refractivity contribution is 9.10. The van der Waals surface area contributed by atoms with Crippen LogP contribution in [0.2, 0.25) is 5.02 Å². The second-order valence-electron chi connectivity index (χ2n) is 7.69. The fourth-order valence-corrected chi connectivity index (χ4v) is 4.46. The molecule has 0 unspecified atom stereocenters. The summed E-state index contributed by atoms with van der Waals surface area (Å²) in [7, 11) is 0. The van der Waals surface area contributed by atoms with Crippen LogP contribution in [0.1, 0.15) is 49.4 Å². The number of carboxylic acid groups (broad SMARTS) is 1. The lowest BCUT2D eigenvalue weighted by molar-refractivity contribution is -0.139. The van der Waals surface area contributed by atoms with Crippen LogP contribution in [0.3, 0.4) is 0 Å². The summed E-state index contributed by atoms with van der Waals surface area (Å²) in [6.07, 6.45) is 6.72. The van der Waals surface area contributed by atoms with Gasteiger partial charge < -0.3 is 9.84 Å². The summed E-state index contributed by atoms with van der Waals surface area (Å²) >= 11 is 9.54. The van der Waals surface area contributed by atoms with Gasteiger partial charge in [0.15, 0.2) is 6.61 Å². The first kappa shape index (κ1) is 22.5. The molecule has 1 aliphatic rings. The molecule has 1 fully saturated rings. The smallest absolute Gasteiger partial charge is 0.341 e. The van der Waals surface area contributed by atoms with Gasteiger partial charge in [0.05, 0.1) is 17.1 Å². The molecule has 0 amide bonds. The predicted molar refractivity (Wildman–Crippen MR) is 127 cm³/mol. The van der Waals surface area contributed by atoms with E-state index in [1.807, 2.05) is 12.1 Å². The van der Waals surface area contributed by atoms with Gasteiger partial charge in [0.25, 0.3) is 5.56 Å². The number of halogens is 2. The van der Waals surface area contributed by atoms with Crippen molar-refractivity contribution < 1.29 is 14.6 Å². The zero-order valence-electron chi connectivity index (χ0n) is 17.1. The first-order valence-corrected chi connectivity index (χ1v) is 11.5. The van der Waals surface area contributed by atoms with E-state index in [0.717, 1.165) is 30.2 Å². The Morgan fingerprint density at radius 1 is 1.25 bits per heavy atom. The monoisotopic (exact) mass is 517 g/mol. The molecule has 1 N–H and O–H groups in total. The van der Waals surface area contributed by atoms with Crippen molar-refractivity contribution in [3.05, 3.63) is 67.6 Å². The van der Waals surface area contributed by atoms with Crippen LogP contribution in [0.5, 0.6) is 5.75 Å². The molecule has 1 saturated carbocycles. The zero-order chi connectivity index (χ0) is 22.7. The predicted octanol–water partition coefficient (Wildman–Crippen LogP) is 5.21. The fourth-order valence-electron chi connectivity index (χ4n) is 3.91. The normalized spacial score (nSPS) is 14.8. The third-order valence-electron chi connectivity index (χ3n) is 5.44. The van der Waals surface area contributed by atoms with Gasteiger partial charge in [0.2, 0.25) is 0 Å². The minimum atomic E-state index is -1.09. The van der Waals surface area contributed by atoms with Crippen LogP contribution in [0.4, 0.5) is 0 Å². The molecule has 3 aromatic rings. The van der Waals surface area contributed by atoms with Crippen molar-refractivity contribution in [3.8, 4) is 5.75 Å². The Morgan fingerprint density at radius 3 is 2.78 bits per heavy atom. The summed E-state index contributed by atoms with van der Waals surface area (Å²) in [4.78, 5) is 29.1. The van der Waals surface area contributed by atoms with Gasteiger partial charge in [0.1, 0.15) is 11.6 Å². The van der Waals surface area contributed by atoms with E-state index in [0.29, 0.717) is 33.1 Å². The number of aliphatic carboxylic acids is 1. The summed E-state index contributed by atoms with van der Waals surface area (Å²) in [6, 6.07) is 10.2. The van der Waals surface area contributed by atoms with Gasteiger partial charge in [-0.2, -0.15) is 9.78 Å². The van der Waals surface area contributed by atoms with E-state index < -0.39 is 12.6 Å². The van der Waals surface area contributed by atoms with Crippen molar-refractivity contribution in [1.82, 2.24) is 9.66 Å². The molecular weight excluding hydrogens is 498 g/mol. The highest BCUT2D eigenvalue weighted by Crippen LogP contribution is 2.32. The van der Waals surface area contributed by atoms with Crippen LogP contribution < -0.4 is 10.3 Å². The molecule has 2 aromatic carbocycles. The van der Waals surface area contributed by atoms with Crippen molar-refractivity contribution >= 4 is 50.6 Å². The molecule has 166 valence electrons. The third-order valence-corrected chi connectivity index (χ3v) is 6.17. The van der Waals surface area contributed by atoms with E-state index >= 15 is 0 Å². The summed E-state index contributed by atoms with van der Waals surface area (Å²) in [5.41, 5.74) is 0.844. The number of aromatic nitrogens is 2. The number of carbonyl (C=O) groups is 1. The zero-order valence-corrected chi connectivity index (χ0v) is 19.5. The third kappa shape index (κ3) is 5.02. The number of benzene rings is 2. The largest absolute Gasteiger partial charge is 0.481 e. The number of hydrogen-bond donors (Lipinski definition) is 1. The first-order valence-electron chi connectivity index (χ1n) is 10.3. The molecule has 9 heteroatoms. The number of rotatable bonds is 6. The standard InChI is InChI=1S/C23H21BrClN3O4/c24-16-6-8-19-18(11-16)23(31)28(22(27-19)14-4-2-1-3-5-14)26-12-15-10-17(25)7-9-20(15)32-13-21(29)30/h6-12,14H,1-5,13H2,(H,29,30). The van der Waals surface area contributed by atoms with Crippen molar-refractivity contribution in [1.29, 1.82) is 0 Å². The second kappa shape index (κ2) is 9.83. The topological polar surface area (TPSA) is 93.8 Å². The van der Waals surface area contributed by atoms with Crippen molar-refractivity contribution in [2.24, 2.45) is 5.10 Å². The molecule has 0 radical (unpaired) electrons. The molecule has 1 heterocycles. The van der Waals surface area contributed by atoms with Gasteiger partial charge in [-0.1, -0.05) is 46.8 Å². The molecule has 0 aliphatic heterocycles. The molecule has 32 heavy (non-hydrogen) atoms. The number of ether oxygens (including phenoxy) is 1. The highest BCUT2D eigenvalue weighted by Gasteiger charge is 2.22. The van der Waals surface area contributed by atoms with Gasteiger partial charge in [-0.15, -0.1) is 0 Å². The molecule has 1 aromatic heterocycles. The SMILES string of the molecule is O=C(O)COc1ccc(Cl)cc1C=Nn1c(C2CCCCC2)nc2ccc(Br)cc2c1=O. The molecular formula is C23H21BrClN3O4. The number of hydrogen-bond acceptors (Lipinski definition) is 5. The maximum Gasteiger partial charge on any atom is 0.341 e. The lowest BCUT2D eigenvalue weighted by Gasteiger charge is -2.22. The minimum Gasteiger partial charge on any atom is -0.481 e. The maximum atomic E-state index is 13.4. The Kier molecular flexibility index (Phi) is 6.91. The second-order valence-corrected chi connectivity index (χ2v) is 9.04. The Morgan fingerprint density at radius 2 is 2.03 bits per heavy atom. The number of nitrogens with zero attached hydrogens (tertiary/aromatic N) is 3. The Bertz CT molecular complexity index is 1250. The molecule has 4 rings (SSSR count). The molecule has 0 saturated heterocycles. The maximum absolute atomic E-state index is 13.4. The summed E-state index contributed by atoms with van der Waals surface area (Å²) < 4.78 is 7.48. The van der Waals surface area contributed by atoms with Crippen LogP contribution in [0.15, 0.2) is 50.8 Å². The molecule has 0 spiro atoms. The lowest BCUT2D eigenvalue weighted by atomic mass is 9.88. The minimum absolute atomic E-state index is 0.142. The Labute approximate surface area is 197 Å². The van der Waals surface area contributed by atoms with Gasteiger partial charge in [0, 0.05) is 21.0 Å². The van der Waals surface area contributed by atoms with Gasteiger partial charge >= 0.3 is 5.97 Å². The average Bonchev–Trinajstić information content (AvgIpc) is 2.78. The van der Waals surface area contributed by atoms with Gasteiger partial charge in [-0.05, 0) is 49.2 Å². The molecule has 1 aliphatic carbocycles. The van der Waals surface area contributed by atoms with Crippen LogP contribution in [-0.4, -0.2) is 33.6 Å². The summed E-state index contributed by atoms with van der Waals surface area (Å²) in [6.45, 7) is -0.499. The van der Waals surface area contributed by atoms with Crippen molar-refractivity contribution in [3.63, 3.8) is 0 Å². The Hall–Kier alpha value is -2.71. The molecule has 0 bridgehead atoms. The fraction of sp³-hybridized carbons (Fsp3) is 0.304. The molecule has 7 nitrogen and oxygen atoms in total. The van der Waals surface area contributed by atoms with Crippen LogP contribution in [0.25, 0.3) is 10.9 Å². The average molecular weight is 519 g/mol. The van der Waals surface area contributed by atoms with E-state index in [2.05, 4.69) is 21.0 Å². The van der Waals surface area contributed by atoms with Gasteiger partial charge in [-0.25, -0.2) is 9.78 Å². The summed E-state index contributed by atoms with van der Waals surface area (Å²) in [5.74, 6) is -0.00759. The highest BCUT2D eigenvalue weighted by atomic mass is 79.9. The number of carboxylic acids is 1. The van der Waals surface area contributed by atoms with Crippen LogP contribution in [0, 0.1) is 0 Å². The van der Waals surface area contributed by atoms with E-state index in [1.54, 1.807) is 24.3 Å². The summed E-state index contributed by atoms with van der Waals surface area (Å²) in [5, 5.41) is 14.3. The van der Waals surface area contributed by atoms with E-state index in [9.17, 15) is 9.59 Å². The van der Waals surface area contributed by atoms with Crippen molar-refractivity contribution in [2.45, 2.75) is 38.0 Å². The van der Waals surface area contributed by atoms with Crippen LogP contribution >= 0.6 is 27.5 Å². The first-order chi connectivity index (χ1) is 15.4.